The van der Waals surface area contributed by atoms with Crippen LogP contribution in [0.4, 0.5) is 0 Å². The highest BCUT2D eigenvalue weighted by molar-refractivity contribution is 5.84. The summed E-state index contributed by atoms with van der Waals surface area (Å²) in [6, 6.07) is 0. The first-order valence-corrected chi connectivity index (χ1v) is 12.0. The average Bonchev–Trinajstić information content (AvgIpc) is 3.26. The number of likely N-dealkylation sites (tertiary alicyclic amines) is 1. The molecule has 1 unspecified atom stereocenters. The fourth-order valence-corrected chi connectivity index (χ4v) is 5.03. The van der Waals surface area contributed by atoms with Gasteiger partial charge in [0.1, 0.15) is 0 Å². The third-order valence-electron chi connectivity index (χ3n) is 6.82. The summed E-state index contributed by atoms with van der Waals surface area (Å²) in [6.07, 6.45) is 10.3. The molecule has 2 saturated heterocycles. The maximum Gasteiger partial charge on any atom is 0.230 e. The van der Waals surface area contributed by atoms with Crippen molar-refractivity contribution in [1.82, 2.24) is 15.1 Å². The van der Waals surface area contributed by atoms with E-state index in [1.54, 1.807) is 4.90 Å². The molecule has 0 radical (unpaired) electrons. The van der Waals surface area contributed by atoms with Crippen LogP contribution in [0.5, 0.6) is 0 Å². The number of nitrogens with zero attached hydrogens (tertiary/aromatic N) is 3. The van der Waals surface area contributed by atoms with Crippen LogP contribution in [-0.2, 0) is 14.3 Å². The van der Waals surface area contributed by atoms with Gasteiger partial charge < -0.3 is 24.6 Å². The Labute approximate surface area is 182 Å². The Balaban J connectivity index is 1.52. The minimum atomic E-state index is -0.314. The predicted molar refractivity (Wildman–Crippen MR) is 120 cm³/mol. The molecular formula is C23H42N4O3. The van der Waals surface area contributed by atoms with E-state index >= 15 is 0 Å². The monoisotopic (exact) mass is 422 g/mol. The van der Waals surface area contributed by atoms with Crippen LogP contribution >= 0.6 is 0 Å². The van der Waals surface area contributed by atoms with Crippen molar-refractivity contribution in [2.45, 2.75) is 76.9 Å². The van der Waals surface area contributed by atoms with Crippen molar-refractivity contribution in [3.05, 3.63) is 0 Å². The van der Waals surface area contributed by atoms with E-state index in [0.717, 1.165) is 83.8 Å². The van der Waals surface area contributed by atoms with Gasteiger partial charge in [-0.2, -0.15) is 0 Å². The Kier molecular flexibility index (Phi) is 8.81. The molecule has 2 aliphatic heterocycles. The summed E-state index contributed by atoms with van der Waals surface area (Å²) in [7, 11) is 3.72. The van der Waals surface area contributed by atoms with Crippen LogP contribution in [-0.4, -0.2) is 87.4 Å². The molecule has 1 aliphatic carbocycles. The van der Waals surface area contributed by atoms with Gasteiger partial charge in [0.15, 0.2) is 5.96 Å². The zero-order chi connectivity index (χ0) is 21.4. The third kappa shape index (κ3) is 6.10. The number of aliphatic imine (C=N–C) groups is 1. The number of hydrogen-bond acceptors (Lipinski definition) is 4. The highest BCUT2D eigenvalue weighted by Gasteiger charge is 2.42. The zero-order valence-corrected chi connectivity index (χ0v) is 19.3. The van der Waals surface area contributed by atoms with Gasteiger partial charge in [-0.15, -0.1) is 0 Å². The van der Waals surface area contributed by atoms with Crippen molar-refractivity contribution in [3.8, 4) is 0 Å². The second-order valence-electron chi connectivity index (χ2n) is 9.37. The Bertz CT molecular complexity index is 561. The molecule has 3 rings (SSSR count). The molecule has 30 heavy (non-hydrogen) atoms. The summed E-state index contributed by atoms with van der Waals surface area (Å²) >= 11 is 0. The van der Waals surface area contributed by atoms with Crippen molar-refractivity contribution in [2.75, 3.05) is 53.5 Å². The van der Waals surface area contributed by atoms with Crippen LogP contribution in [0.15, 0.2) is 4.99 Å². The first-order valence-electron chi connectivity index (χ1n) is 12.0. The number of amides is 1. The quantitative estimate of drug-likeness (QED) is 0.505. The van der Waals surface area contributed by atoms with Crippen LogP contribution < -0.4 is 5.32 Å². The number of piperidine rings is 1. The van der Waals surface area contributed by atoms with Crippen LogP contribution in [0.3, 0.4) is 0 Å². The van der Waals surface area contributed by atoms with E-state index in [1.807, 2.05) is 14.1 Å². The van der Waals surface area contributed by atoms with Crippen LogP contribution in [0.1, 0.15) is 64.7 Å². The molecule has 2 heterocycles. The first kappa shape index (κ1) is 23.3. The highest BCUT2D eigenvalue weighted by atomic mass is 16.5. The van der Waals surface area contributed by atoms with E-state index in [1.165, 1.54) is 12.8 Å². The molecule has 3 aliphatic rings. The lowest BCUT2D eigenvalue weighted by atomic mass is 9.85. The molecular weight excluding hydrogens is 380 g/mol. The average molecular weight is 423 g/mol. The Morgan fingerprint density at radius 1 is 1.17 bits per heavy atom. The van der Waals surface area contributed by atoms with Gasteiger partial charge in [0.05, 0.1) is 30.8 Å². The Morgan fingerprint density at radius 2 is 1.90 bits per heavy atom. The molecule has 1 amide bonds. The summed E-state index contributed by atoms with van der Waals surface area (Å²) < 4.78 is 12.0. The second kappa shape index (κ2) is 11.3. The van der Waals surface area contributed by atoms with Gasteiger partial charge in [-0.1, -0.05) is 12.8 Å². The fourth-order valence-electron chi connectivity index (χ4n) is 5.03. The van der Waals surface area contributed by atoms with E-state index in [9.17, 15) is 4.79 Å². The largest absolute Gasteiger partial charge is 0.376 e. The van der Waals surface area contributed by atoms with Crippen LogP contribution in [0, 0.1) is 5.41 Å². The minimum Gasteiger partial charge on any atom is -0.376 e. The maximum absolute atomic E-state index is 12.9. The van der Waals surface area contributed by atoms with Crippen LogP contribution in [0.25, 0.3) is 0 Å². The molecule has 1 saturated carbocycles. The molecule has 1 N–H and O–H groups in total. The molecule has 1 atom stereocenters. The molecule has 3 fully saturated rings. The topological polar surface area (TPSA) is 66.4 Å². The molecule has 7 nitrogen and oxygen atoms in total. The van der Waals surface area contributed by atoms with Gasteiger partial charge in [-0.3, -0.25) is 9.79 Å². The number of hydrogen-bond donors (Lipinski definition) is 1. The standard InChI is InChI=1S/C23H42N4O3/c1-4-24-22(25-18-23(12-6-7-13-23)21(28)26(2)3)27-14-10-19(11-15-27)30-17-20-9-5-8-16-29-20/h19-20H,4-18H2,1-3H3,(H,24,25). The summed E-state index contributed by atoms with van der Waals surface area (Å²) in [5, 5.41) is 3.45. The molecule has 0 aromatic rings. The molecule has 0 bridgehead atoms. The number of rotatable bonds is 7. The van der Waals surface area contributed by atoms with E-state index in [-0.39, 0.29) is 17.4 Å². The predicted octanol–water partition coefficient (Wildman–Crippen LogP) is 2.65. The zero-order valence-electron chi connectivity index (χ0n) is 19.3. The van der Waals surface area contributed by atoms with Gasteiger partial charge in [-0.25, -0.2) is 0 Å². The summed E-state index contributed by atoms with van der Waals surface area (Å²) in [5.41, 5.74) is -0.314. The maximum atomic E-state index is 12.9. The summed E-state index contributed by atoms with van der Waals surface area (Å²) in [6.45, 7) is 7.02. The summed E-state index contributed by atoms with van der Waals surface area (Å²) in [4.78, 5) is 21.9. The van der Waals surface area contributed by atoms with Gasteiger partial charge in [-0.05, 0) is 51.9 Å². The van der Waals surface area contributed by atoms with Gasteiger partial charge >= 0.3 is 0 Å². The van der Waals surface area contributed by atoms with Crippen molar-refractivity contribution < 1.29 is 14.3 Å². The Morgan fingerprint density at radius 3 is 2.50 bits per heavy atom. The smallest absolute Gasteiger partial charge is 0.230 e. The lowest BCUT2D eigenvalue weighted by Crippen LogP contribution is -2.48. The lowest BCUT2D eigenvalue weighted by Gasteiger charge is -2.36. The molecule has 7 heteroatoms. The van der Waals surface area contributed by atoms with E-state index in [4.69, 9.17) is 14.5 Å². The van der Waals surface area contributed by atoms with E-state index < -0.39 is 0 Å². The first-order chi connectivity index (χ1) is 14.5. The van der Waals surface area contributed by atoms with Gasteiger partial charge in [0.25, 0.3) is 0 Å². The van der Waals surface area contributed by atoms with Gasteiger partial charge in [0.2, 0.25) is 5.91 Å². The SMILES string of the molecule is CCNC(=NCC1(C(=O)N(C)C)CCCC1)N1CCC(OCC2CCCCO2)CC1. The molecule has 0 aromatic heterocycles. The minimum absolute atomic E-state index is 0.233. The van der Waals surface area contributed by atoms with E-state index in [0.29, 0.717) is 12.6 Å². The normalized spacial score (nSPS) is 25.4. The molecule has 172 valence electrons. The number of nitrogens with one attached hydrogen (secondary N) is 1. The summed E-state index contributed by atoms with van der Waals surface area (Å²) in [5.74, 6) is 1.18. The second-order valence-corrected chi connectivity index (χ2v) is 9.37. The van der Waals surface area contributed by atoms with Crippen molar-refractivity contribution in [3.63, 3.8) is 0 Å². The van der Waals surface area contributed by atoms with Crippen molar-refractivity contribution in [1.29, 1.82) is 0 Å². The van der Waals surface area contributed by atoms with Crippen molar-refractivity contribution >= 4 is 11.9 Å². The number of carbonyl (C=O) groups excluding carboxylic acids is 1. The Hall–Kier alpha value is -1.34. The number of guanidine groups is 1. The van der Waals surface area contributed by atoms with Crippen molar-refractivity contribution in [2.24, 2.45) is 10.4 Å². The number of carbonyl (C=O) groups is 1. The fraction of sp³-hybridized carbons (Fsp3) is 0.913. The molecule has 0 spiro atoms. The highest BCUT2D eigenvalue weighted by Crippen LogP contribution is 2.39. The van der Waals surface area contributed by atoms with Crippen LogP contribution in [0.2, 0.25) is 0 Å². The number of ether oxygens (including phenoxy) is 2. The van der Waals surface area contributed by atoms with Gasteiger partial charge in [0, 0.05) is 40.3 Å². The third-order valence-corrected chi connectivity index (χ3v) is 6.82. The molecule has 0 aromatic carbocycles. The van der Waals surface area contributed by atoms with E-state index in [2.05, 4.69) is 17.1 Å². The lowest BCUT2D eigenvalue weighted by molar-refractivity contribution is -0.138.